The average molecular weight is 166 g/mol. The summed E-state index contributed by atoms with van der Waals surface area (Å²) >= 11 is 0. The maximum Gasteiger partial charge on any atom is 0.114 e. The van der Waals surface area contributed by atoms with Crippen molar-refractivity contribution in [1.82, 2.24) is 5.32 Å². The van der Waals surface area contributed by atoms with Crippen LogP contribution in [0.25, 0.3) is 0 Å². The van der Waals surface area contributed by atoms with Crippen LogP contribution >= 0.6 is 12.4 Å². The van der Waals surface area contributed by atoms with E-state index < -0.39 is 6.17 Å². The van der Waals surface area contributed by atoms with Crippen LogP contribution in [0, 0.1) is 0 Å². The van der Waals surface area contributed by atoms with Crippen LogP contribution in [-0.2, 0) is 0 Å². The van der Waals surface area contributed by atoms with Gasteiger partial charge in [-0.15, -0.1) is 12.4 Å². The predicted octanol–water partition coefficient (Wildman–Crippen LogP) is 1.66. The van der Waals surface area contributed by atoms with Gasteiger partial charge in [-0.1, -0.05) is 0 Å². The Bertz CT molecular complexity index is 125. The normalized spacial score (nSPS) is 35.1. The number of halogens is 2. The van der Waals surface area contributed by atoms with E-state index in [1.807, 2.05) is 0 Å². The molecule has 1 unspecified atom stereocenters. The van der Waals surface area contributed by atoms with Gasteiger partial charge in [-0.25, -0.2) is 4.39 Å². The molecule has 2 rings (SSSR count). The van der Waals surface area contributed by atoms with Crippen molar-refractivity contribution in [3.63, 3.8) is 0 Å². The second kappa shape index (κ2) is 2.67. The van der Waals surface area contributed by atoms with Crippen molar-refractivity contribution < 1.29 is 4.39 Å². The van der Waals surface area contributed by atoms with Crippen molar-refractivity contribution >= 4 is 12.4 Å². The molecule has 0 amide bonds. The molecule has 1 atom stereocenters. The van der Waals surface area contributed by atoms with Crippen LogP contribution in [-0.4, -0.2) is 18.3 Å². The number of nitrogens with one attached hydrogen (secondary N) is 1. The fourth-order valence-corrected chi connectivity index (χ4v) is 1.88. The zero-order valence-corrected chi connectivity index (χ0v) is 6.72. The van der Waals surface area contributed by atoms with Crippen LogP contribution in [0.2, 0.25) is 0 Å². The molecule has 1 heterocycles. The second-order valence-electron chi connectivity index (χ2n) is 3.32. The summed E-state index contributed by atoms with van der Waals surface area (Å²) in [6, 6.07) is 0. The lowest BCUT2D eigenvalue weighted by atomic mass is 9.76. The molecule has 3 heteroatoms. The van der Waals surface area contributed by atoms with Crippen molar-refractivity contribution in [2.75, 3.05) is 6.54 Å². The summed E-state index contributed by atoms with van der Waals surface area (Å²) in [7, 11) is 0. The van der Waals surface area contributed by atoms with Gasteiger partial charge in [0.05, 0.1) is 0 Å². The molecule has 1 N–H and O–H groups in total. The Morgan fingerprint density at radius 2 is 2.10 bits per heavy atom. The number of hydrogen-bond donors (Lipinski definition) is 1. The topological polar surface area (TPSA) is 12.0 Å². The van der Waals surface area contributed by atoms with Crippen LogP contribution in [0.15, 0.2) is 0 Å². The van der Waals surface area contributed by atoms with Crippen molar-refractivity contribution in [3.8, 4) is 0 Å². The predicted molar refractivity (Wildman–Crippen MR) is 41.3 cm³/mol. The first-order chi connectivity index (χ1) is 4.31. The highest BCUT2D eigenvalue weighted by Gasteiger charge is 2.43. The molecular formula is C7H13ClFN. The lowest BCUT2D eigenvalue weighted by Crippen LogP contribution is -2.45. The highest BCUT2D eigenvalue weighted by atomic mass is 35.5. The summed E-state index contributed by atoms with van der Waals surface area (Å²) in [5.41, 5.74) is 0.263. The molecule has 1 nitrogen and oxygen atoms in total. The summed E-state index contributed by atoms with van der Waals surface area (Å²) in [6.07, 6.45) is 3.90. The van der Waals surface area contributed by atoms with Gasteiger partial charge in [0, 0.05) is 12.1 Å². The molecule has 0 aromatic carbocycles. The van der Waals surface area contributed by atoms with Crippen LogP contribution in [0.3, 0.4) is 0 Å². The summed E-state index contributed by atoms with van der Waals surface area (Å²) < 4.78 is 12.6. The van der Waals surface area contributed by atoms with E-state index in [1.165, 1.54) is 19.3 Å². The molecule has 2 aliphatic rings. The van der Waals surface area contributed by atoms with E-state index in [1.54, 1.807) is 0 Å². The van der Waals surface area contributed by atoms with Crippen molar-refractivity contribution in [2.45, 2.75) is 37.4 Å². The minimum atomic E-state index is -0.565. The Balaban J connectivity index is 0.000000500. The standard InChI is InChI=1S/C7H12FN.ClH/c8-6-4-7(9-5-6)2-1-3-7;/h6,9H,1-5H2;1H. The van der Waals surface area contributed by atoms with Gasteiger partial charge in [0.2, 0.25) is 0 Å². The van der Waals surface area contributed by atoms with Crippen LogP contribution in [0.1, 0.15) is 25.7 Å². The summed E-state index contributed by atoms with van der Waals surface area (Å²) in [6.45, 7) is 0.597. The largest absolute Gasteiger partial charge is 0.308 e. The molecular weight excluding hydrogens is 153 g/mol. The van der Waals surface area contributed by atoms with Crippen molar-refractivity contribution in [3.05, 3.63) is 0 Å². The maximum atomic E-state index is 12.6. The molecule has 1 saturated heterocycles. The van der Waals surface area contributed by atoms with E-state index in [-0.39, 0.29) is 17.9 Å². The Morgan fingerprint density at radius 1 is 1.40 bits per heavy atom. The molecule has 10 heavy (non-hydrogen) atoms. The van der Waals surface area contributed by atoms with Crippen LogP contribution in [0.4, 0.5) is 4.39 Å². The zero-order chi connectivity index (χ0) is 6.32. The molecule has 1 aliphatic heterocycles. The Kier molecular flexibility index (Phi) is 2.21. The lowest BCUT2D eigenvalue weighted by molar-refractivity contribution is 0.202. The summed E-state index contributed by atoms with van der Waals surface area (Å²) in [5, 5.41) is 3.24. The Hall–Kier alpha value is 0.180. The van der Waals surface area contributed by atoms with Gasteiger partial charge < -0.3 is 5.32 Å². The van der Waals surface area contributed by atoms with Crippen LogP contribution in [0.5, 0.6) is 0 Å². The number of hydrogen-bond acceptors (Lipinski definition) is 1. The van der Waals surface area contributed by atoms with Crippen molar-refractivity contribution in [2.24, 2.45) is 0 Å². The van der Waals surface area contributed by atoms with E-state index in [9.17, 15) is 4.39 Å². The van der Waals surface area contributed by atoms with Gasteiger partial charge in [-0.05, 0) is 25.7 Å². The van der Waals surface area contributed by atoms with E-state index in [0.29, 0.717) is 6.54 Å². The minimum absolute atomic E-state index is 0. The fourth-order valence-electron chi connectivity index (χ4n) is 1.88. The maximum absolute atomic E-state index is 12.6. The fraction of sp³-hybridized carbons (Fsp3) is 1.00. The van der Waals surface area contributed by atoms with Gasteiger partial charge in [-0.3, -0.25) is 0 Å². The summed E-state index contributed by atoms with van der Waals surface area (Å²) in [4.78, 5) is 0. The quantitative estimate of drug-likeness (QED) is 0.576. The second-order valence-corrected chi connectivity index (χ2v) is 3.32. The average Bonchev–Trinajstić information content (AvgIpc) is 2.09. The highest BCUT2D eigenvalue weighted by molar-refractivity contribution is 5.85. The smallest absolute Gasteiger partial charge is 0.114 e. The number of rotatable bonds is 0. The first-order valence-corrected chi connectivity index (χ1v) is 3.70. The molecule has 0 aromatic rings. The van der Waals surface area contributed by atoms with Gasteiger partial charge in [-0.2, -0.15) is 0 Å². The monoisotopic (exact) mass is 165 g/mol. The van der Waals surface area contributed by atoms with Gasteiger partial charge in [0.1, 0.15) is 6.17 Å². The lowest BCUT2D eigenvalue weighted by Gasteiger charge is -2.38. The van der Waals surface area contributed by atoms with Crippen molar-refractivity contribution in [1.29, 1.82) is 0 Å². The van der Waals surface area contributed by atoms with Gasteiger partial charge >= 0.3 is 0 Å². The molecule has 0 radical (unpaired) electrons. The first kappa shape index (κ1) is 8.28. The van der Waals surface area contributed by atoms with Gasteiger partial charge in [0.15, 0.2) is 0 Å². The molecule has 1 spiro atoms. The minimum Gasteiger partial charge on any atom is -0.308 e. The molecule has 2 fully saturated rings. The third-order valence-electron chi connectivity index (χ3n) is 2.62. The van der Waals surface area contributed by atoms with Crippen LogP contribution < -0.4 is 5.32 Å². The van der Waals surface area contributed by atoms with E-state index in [4.69, 9.17) is 0 Å². The first-order valence-electron chi connectivity index (χ1n) is 3.70. The van der Waals surface area contributed by atoms with E-state index in [2.05, 4.69) is 5.32 Å². The third-order valence-corrected chi connectivity index (χ3v) is 2.62. The SMILES string of the molecule is Cl.FC1CNC2(CCC2)C1. The molecule has 1 aliphatic carbocycles. The highest BCUT2D eigenvalue weighted by Crippen LogP contribution is 2.39. The summed E-state index contributed by atoms with van der Waals surface area (Å²) in [5.74, 6) is 0. The molecule has 0 aromatic heterocycles. The van der Waals surface area contributed by atoms with Gasteiger partial charge in [0.25, 0.3) is 0 Å². The molecule has 60 valence electrons. The molecule has 0 bridgehead atoms. The van der Waals surface area contributed by atoms with E-state index in [0.717, 1.165) is 6.42 Å². The zero-order valence-electron chi connectivity index (χ0n) is 5.90. The number of alkyl halides is 1. The Labute approximate surface area is 66.8 Å². The molecule has 1 saturated carbocycles. The Morgan fingerprint density at radius 3 is 2.30 bits per heavy atom. The van der Waals surface area contributed by atoms with E-state index >= 15 is 0 Å². The third kappa shape index (κ3) is 1.15.